The van der Waals surface area contributed by atoms with Crippen LogP contribution in [0.2, 0.25) is 0 Å². The Hall–Kier alpha value is -2.95. The van der Waals surface area contributed by atoms with Crippen LogP contribution in [-0.4, -0.2) is 12.6 Å². The van der Waals surface area contributed by atoms with Crippen molar-refractivity contribution in [3.05, 3.63) is 82.6 Å². The van der Waals surface area contributed by atoms with Gasteiger partial charge >= 0.3 is 5.97 Å². The van der Waals surface area contributed by atoms with Crippen molar-refractivity contribution in [2.45, 2.75) is 6.42 Å². The van der Waals surface area contributed by atoms with Gasteiger partial charge < -0.3 is 20.3 Å². The molecular weight excluding hydrogens is 280 g/mol. The van der Waals surface area contributed by atoms with E-state index < -0.39 is 0 Å². The van der Waals surface area contributed by atoms with Gasteiger partial charge in [0.25, 0.3) is 0 Å². The lowest BCUT2D eigenvalue weighted by atomic mass is 9.97. The minimum atomic E-state index is -0.348. The number of benzene rings is 1. The monoisotopic (exact) mass is 294 g/mol. The zero-order valence-electron chi connectivity index (χ0n) is 11.8. The van der Waals surface area contributed by atoms with Crippen molar-refractivity contribution in [3.8, 4) is 0 Å². The average molecular weight is 294 g/mol. The number of rotatable bonds is 2. The second kappa shape index (κ2) is 5.11. The van der Waals surface area contributed by atoms with Crippen molar-refractivity contribution in [1.29, 1.82) is 0 Å². The normalized spacial score (nSPS) is 18.6. The molecule has 22 heavy (non-hydrogen) atoms. The number of fused-ring (bicyclic) bond motifs is 2. The summed E-state index contributed by atoms with van der Waals surface area (Å²) in [7, 11) is 0. The van der Waals surface area contributed by atoms with Gasteiger partial charge in [-0.1, -0.05) is 18.2 Å². The number of hydrogen-bond donors (Lipinski definition) is 2. The maximum Gasteiger partial charge on any atom is 0.343 e. The number of nitrogens with one attached hydrogen (secondary N) is 2. The predicted molar refractivity (Wildman–Crippen MR) is 80.0 cm³/mol. The van der Waals surface area contributed by atoms with Crippen LogP contribution in [0.4, 0.5) is 0 Å². The highest BCUT2D eigenvalue weighted by atomic mass is 16.5. The standard InChI is InChI=1S/C17H14N2O3/c20-17(11-4-2-1-3-5-11)22-13-6-7-15-14(8-13)16-12(10-21-15)9-18-19-16/h1-7,9,18-19H,8,10H2. The molecule has 0 bridgehead atoms. The maximum absolute atomic E-state index is 12.1. The average Bonchev–Trinajstić information content (AvgIpc) is 3.05. The van der Waals surface area contributed by atoms with Gasteiger partial charge in [0, 0.05) is 23.8 Å². The summed E-state index contributed by atoms with van der Waals surface area (Å²) in [5.41, 5.74) is 9.71. The molecule has 2 N–H and O–H groups in total. The lowest BCUT2D eigenvalue weighted by Gasteiger charge is -2.25. The van der Waals surface area contributed by atoms with Crippen LogP contribution in [0.1, 0.15) is 16.8 Å². The molecule has 110 valence electrons. The SMILES string of the molecule is O=C(OC1=CC=C2OCC3=CNNC3=C2C1)c1ccccc1. The van der Waals surface area contributed by atoms with Crippen molar-refractivity contribution in [2.24, 2.45) is 0 Å². The highest BCUT2D eigenvalue weighted by Gasteiger charge is 2.28. The zero-order chi connectivity index (χ0) is 14.9. The van der Waals surface area contributed by atoms with Gasteiger partial charge in [-0.2, -0.15) is 0 Å². The first-order valence-electron chi connectivity index (χ1n) is 7.06. The number of hydrazine groups is 1. The Morgan fingerprint density at radius 2 is 2.05 bits per heavy atom. The van der Waals surface area contributed by atoms with Gasteiger partial charge in [0.1, 0.15) is 18.1 Å². The molecule has 0 radical (unpaired) electrons. The molecule has 0 atom stereocenters. The molecule has 1 aromatic rings. The molecule has 2 heterocycles. The molecule has 0 saturated heterocycles. The molecule has 0 amide bonds. The summed E-state index contributed by atoms with van der Waals surface area (Å²) in [6.07, 6.45) is 6.03. The van der Waals surface area contributed by atoms with Crippen LogP contribution in [-0.2, 0) is 9.47 Å². The first-order chi connectivity index (χ1) is 10.8. The van der Waals surface area contributed by atoms with Crippen molar-refractivity contribution < 1.29 is 14.3 Å². The Kier molecular flexibility index (Phi) is 2.96. The van der Waals surface area contributed by atoms with Crippen molar-refractivity contribution in [3.63, 3.8) is 0 Å². The van der Waals surface area contributed by atoms with E-state index in [9.17, 15) is 4.79 Å². The molecule has 0 fully saturated rings. The van der Waals surface area contributed by atoms with Crippen LogP contribution in [0, 0.1) is 0 Å². The van der Waals surface area contributed by atoms with Crippen LogP contribution < -0.4 is 10.9 Å². The second-order valence-electron chi connectivity index (χ2n) is 5.18. The fraction of sp³-hybridized carbons (Fsp3) is 0.118. The zero-order valence-corrected chi connectivity index (χ0v) is 11.8. The highest BCUT2D eigenvalue weighted by Crippen LogP contribution is 2.35. The van der Waals surface area contributed by atoms with Gasteiger partial charge in [0.05, 0.1) is 11.3 Å². The van der Waals surface area contributed by atoms with Crippen molar-refractivity contribution >= 4 is 5.97 Å². The van der Waals surface area contributed by atoms with Gasteiger partial charge in [-0.3, -0.25) is 0 Å². The van der Waals surface area contributed by atoms with Gasteiger partial charge in [-0.25, -0.2) is 4.79 Å². The summed E-state index contributed by atoms with van der Waals surface area (Å²) >= 11 is 0. The number of carbonyl (C=O) groups excluding carboxylic acids is 1. The maximum atomic E-state index is 12.1. The molecule has 2 aliphatic heterocycles. The quantitative estimate of drug-likeness (QED) is 0.820. The molecule has 0 saturated carbocycles. The summed E-state index contributed by atoms with van der Waals surface area (Å²) < 4.78 is 11.2. The third-order valence-electron chi connectivity index (χ3n) is 3.75. The van der Waals surface area contributed by atoms with E-state index in [1.165, 1.54) is 0 Å². The van der Waals surface area contributed by atoms with E-state index in [1.54, 1.807) is 18.2 Å². The third kappa shape index (κ3) is 2.16. The fourth-order valence-electron chi connectivity index (χ4n) is 2.65. The smallest absolute Gasteiger partial charge is 0.343 e. The third-order valence-corrected chi connectivity index (χ3v) is 3.75. The molecule has 4 rings (SSSR count). The van der Waals surface area contributed by atoms with E-state index in [2.05, 4.69) is 10.9 Å². The topological polar surface area (TPSA) is 59.6 Å². The molecule has 1 aliphatic carbocycles. The van der Waals surface area contributed by atoms with E-state index in [-0.39, 0.29) is 5.97 Å². The highest BCUT2D eigenvalue weighted by molar-refractivity contribution is 5.90. The molecular formula is C17H14N2O3. The Morgan fingerprint density at radius 3 is 2.91 bits per heavy atom. The van der Waals surface area contributed by atoms with E-state index in [0.717, 1.165) is 22.6 Å². The predicted octanol–water partition coefficient (Wildman–Crippen LogP) is 2.29. The Balaban J connectivity index is 1.57. The summed E-state index contributed by atoms with van der Waals surface area (Å²) in [6.45, 7) is 0.539. The lowest BCUT2D eigenvalue weighted by molar-refractivity contribution is 0.0615. The molecule has 5 nitrogen and oxygen atoms in total. The number of carbonyl (C=O) groups is 1. The van der Waals surface area contributed by atoms with Crippen LogP contribution in [0.3, 0.4) is 0 Å². The van der Waals surface area contributed by atoms with Gasteiger partial charge in [0.2, 0.25) is 0 Å². The Morgan fingerprint density at radius 1 is 1.18 bits per heavy atom. The van der Waals surface area contributed by atoms with Crippen LogP contribution in [0.15, 0.2) is 77.0 Å². The molecule has 0 aromatic heterocycles. The second-order valence-corrected chi connectivity index (χ2v) is 5.18. The molecule has 0 spiro atoms. The van der Waals surface area contributed by atoms with E-state index in [0.29, 0.717) is 24.4 Å². The van der Waals surface area contributed by atoms with Crippen LogP contribution >= 0.6 is 0 Å². The largest absolute Gasteiger partial charge is 0.488 e. The van der Waals surface area contributed by atoms with Crippen molar-refractivity contribution in [2.75, 3.05) is 6.61 Å². The summed E-state index contributed by atoms with van der Waals surface area (Å²) in [6, 6.07) is 8.97. The van der Waals surface area contributed by atoms with E-state index in [4.69, 9.17) is 9.47 Å². The summed E-state index contributed by atoms with van der Waals surface area (Å²) in [5, 5.41) is 0. The fourth-order valence-corrected chi connectivity index (χ4v) is 2.65. The molecule has 0 unspecified atom stereocenters. The lowest BCUT2D eigenvalue weighted by Crippen LogP contribution is -2.25. The van der Waals surface area contributed by atoms with Crippen LogP contribution in [0.5, 0.6) is 0 Å². The first kappa shape index (κ1) is 12.8. The number of ether oxygens (including phenoxy) is 2. The minimum absolute atomic E-state index is 0.348. The van der Waals surface area contributed by atoms with Gasteiger partial charge in [-0.05, 0) is 24.3 Å². The number of esters is 1. The van der Waals surface area contributed by atoms with Gasteiger partial charge in [0.15, 0.2) is 0 Å². The van der Waals surface area contributed by atoms with Gasteiger partial charge in [-0.15, -0.1) is 0 Å². The molecule has 5 heteroatoms. The Labute approximate surface area is 127 Å². The number of allylic oxidation sites excluding steroid dienone is 4. The van der Waals surface area contributed by atoms with E-state index in [1.807, 2.05) is 30.5 Å². The van der Waals surface area contributed by atoms with E-state index >= 15 is 0 Å². The first-order valence-corrected chi connectivity index (χ1v) is 7.06. The minimum Gasteiger partial charge on any atom is -0.488 e. The summed E-state index contributed by atoms with van der Waals surface area (Å²) in [4.78, 5) is 12.1. The summed E-state index contributed by atoms with van der Waals surface area (Å²) in [5.74, 6) is 1.08. The van der Waals surface area contributed by atoms with Crippen LogP contribution in [0.25, 0.3) is 0 Å². The molecule has 1 aromatic carbocycles. The molecule has 3 aliphatic rings. The number of hydrogen-bond acceptors (Lipinski definition) is 5. The van der Waals surface area contributed by atoms with Crippen molar-refractivity contribution in [1.82, 2.24) is 10.9 Å². The Bertz CT molecular complexity index is 757.